The molecule has 0 radical (unpaired) electrons. The van der Waals surface area contributed by atoms with Crippen molar-refractivity contribution in [2.24, 2.45) is 0 Å². The molecule has 21 heavy (non-hydrogen) atoms. The van der Waals surface area contributed by atoms with Crippen LogP contribution in [0.3, 0.4) is 0 Å². The lowest BCUT2D eigenvalue weighted by molar-refractivity contribution is 0.436. The average molecular weight is 298 g/mol. The predicted octanol–water partition coefficient (Wildman–Crippen LogP) is 5.49. The topological polar surface area (TPSA) is 23.8 Å². The van der Waals surface area contributed by atoms with Gasteiger partial charge in [0, 0.05) is 5.02 Å². The molecule has 0 amide bonds. The summed E-state index contributed by atoms with van der Waals surface area (Å²) in [7, 11) is 0. The van der Waals surface area contributed by atoms with Crippen molar-refractivity contribution in [3.63, 3.8) is 0 Å². The first-order valence-corrected chi connectivity index (χ1v) is 7.55. The van der Waals surface area contributed by atoms with Gasteiger partial charge in [-0.1, -0.05) is 68.8 Å². The van der Waals surface area contributed by atoms with Gasteiger partial charge in [-0.15, -0.1) is 0 Å². The number of halogens is 1. The molecule has 1 atom stereocenters. The molecule has 2 aromatic carbocycles. The third-order valence-electron chi connectivity index (χ3n) is 4.43. The first-order chi connectivity index (χ1) is 9.95. The maximum Gasteiger partial charge on any atom is 0.0669 e. The number of hydrogen-bond acceptors (Lipinski definition) is 1. The van der Waals surface area contributed by atoms with Crippen molar-refractivity contribution in [2.75, 3.05) is 0 Å². The molecule has 108 valence electrons. The second-order valence-electron chi connectivity index (χ2n) is 6.03. The van der Waals surface area contributed by atoms with E-state index in [9.17, 15) is 0 Å². The number of hydrogen-bond donors (Lipinski definition) is 0. The van der Waals surface area contributed by atoms with Gasteiger partial charge in [0.05, 0.1) is 12.5 Å². The van der Waals surface area contributed by atoms with Gasteiger partial charge in [0.15, 0.2) is 0 Å². The fourth-order valence-corrected chi connectivity index (χ4v) is 2.69. The Hall–Kier alpha value is -1.78. The quantitative estimate of drug-likeness (QED) is 0.732. The maximum atomic E-state index is 8.74. The van der Waals surface area contributed by atoms with Crippen LogP contribution in [0, 0.1) is 11.3 Å². The molecule has 0 spiro atoms. The standard InChI is InChI=1S/C19H20ClN/c1-14(16-6-4-15(5-7-16)12-13-21)19(2,3)17-8-10-18(20)11-9-17/h4-11,14H,12H2,1-3H3. The van der Waals surface area contributed by atoms with Gasteiger partial charge in [-0.3, -0.25) is 0 Å². The molecule has 0 saturated heterocycles. The van der Waals surface area contributed by atoms with Gasteiger partial charge < -0.3 is 0 Å². The molecule has 0 bridgehead atoms. The lowest BCUT2D eigenvalue weighted by atomic mass is 9.71. The van der Waals surface area contributed by atoms with E-state index < -0.39 is 0 Å². The predicted molar refractivity (Wildman–Crippen MR) is 88.7 cm³/mol. The smallest absolute Gasteiger partial charge is 0.0669 e. The third kappa shape index (κ3) is 3.46. The highest BCUT2D eigenvalue weighted by atomic mass is 35.5. The van der Waals surface area contributed by atoms with Crippen LogP contribution >= 0.6 is 11.6 Å². The Morgan fingerprint density at radius 3 is 2.14 bits per heavy atom. The summed E-state index contributed by atoms with van der Waals surface area (Å²) < 4.78 is 0. The second-order valence-corrected chi connectivity index (χ2v) is 6.46. The van der Waals surface area contributed by atoms with Gasteiger partial charge in [0.25, 0.3) is 0 Å². The minimum Gasteiger partial charge on any atom is -0.198 e. The Morgan fingerprint density at radius 2 is 1.62 bits per heavy atom. The minimum atomic E-state index is 0.0152. The van der Waals surface area contributed by atoms with E-state index in [1.807, 2.05) is 24.3 Å². The summed E-state index contributed by atoms with van der Waals surface area (Å²) >= 11 is 5.98. The molecule has 1 unspecified atom stereocenters. The van der Waals surface area contributed by atoms with Crippen molar-refractivity contribution in [2.45, 2.75) is 38.5 Å². The molecule has 0 saturated carbocycles. The first kappa shape index (κ1) is 15.6. The van der Waals surface area contributed by atoms with Crippen molar-refractivity contribution in [1.82, 2.24) is 0 Å². The van der Waals surface area contributed by atoms with Gasteiger partial charge in [-0.2, -0.15) is 5.26 Å². The lowest BCUT2D eigenvalue weighted by Gasteiger charge is -2.33. The van der Waals surface area contributed by atoms with E-state index in [-0.39, 0.29) is 5.41 Å². The van der Waals surface area contributed by atoms with Crippen LogP contribution in [0.1, 0.15) is 43.4 Å². The van der Waals surface area contributed by atoms with E-state index in [1.165, 1.54) is 11.1 Å². The van der Waals surface area contributed by atoms with Crippen LogP contribution in [0.5, 0.6) is 0 Å². The fraction of sp³-hybridized carbons (Fsp3) is 0.316. The summed E-state index contributed by atoms with van der Waals surface area (Å²) in [6.45, 7) is 6.75. The van der Waals surface area contributed by atoms with E-state index >= 15 is 0 Å². The molecule has 0 heterocycles. The number of nitrogens with zero attached hydrogens (tertiary/aromatic N) is 1. The summed E-state index contributed by atoms with van der Waals surface area (Å²) in [5, 5.41) is 9.50. The molecule has 0 aromatic heterocycles. The van der Waals surface area contributed by atoms with Crippen LogP contribution in [-0.4, -0.2) is 0 Å². The summed E-state index contributed by atoms with van der Waals surface area (Å²) in [6.07, 6.45) is 0.467. The van der Waals surface area contributed by atoms with E-state index in [1.54, 1.807) is 0 Å². The second kappa shape index (κ2) is 6.33. The van der Waals surface area contributed by atoms with Crippen LogP contribution in [0.4, 0.5) is 0 Å². The summed E-state index contributed by atoms with van der Waals surface area (Å²) in [6, 6.07) is 18.6. The van der Waals surface area contributed by atoms with Gasteiger partial charge in [0.2, 0.25) is 0 Å². The maximum absolute atomic E-state index is 8.74. The van der Waals surface area contributed by atoms with Crippen molar-refractivity contribution in [1.29, 1.82) is 5.26 Å². The molecule has 0 N–H and O–H groups in total. The molecule has 0 aliphatic rings. The van der Waals surface area contributed by atoms with Crippen LogP contribution < -0.4 is 0 Å². The zero-order chi connectivity index (χ0) is 15.5. The number of benzene rings is 2. The third-order valence-corrected chi connectivity index (χ3v) is 4.69. The number of nitriles is 1. The molecule has 0 fully saturated rings. The molecule has 1 nitrogen and oxygen atoms in total. The van der Waals surface area contributed by atoms with E-state index in [0.717, 1.165) is 10.6 Å². The van der Waals surface area contributed by atoms with E-state index in [4.69, 9.17) is 16.9 Å². The molecular weight excluding hydrogens is 278 g/mol. The average Bonchev–Trinajstić information content (AvgIpc) is 2.48. The monoisotopic (exact) mass is 297 g/mol. The Labute approximate surface area is 132 Å². The van der Waals surface area contributed by atoms with Gasteiger partial charge in [0.1, 0.15) is 0 Å². The van der Waals surface area contributed by atoms with Crippen molar-refractivity contribution in [3.05, 3.63) is 70.2 Å². The molecule has 2 aromatic rings. The van der Waals surface area contributed by atoms with Crippen LogP contribution in [0.15, 0.2) is 48.5 Å². The largest absolute Gasteiger partial charge is 0.198 e. The molecule has 2 heteroatoms. The summed E-state index contributed by atoms with van der Waals surface area (Å²) in [5.74, 6) is 0.370. The van der Waals surface area contributed by atoms with Gasteiger partial charge in [-0.05, 0) is 40.2 Å². The SMILES string of the molecule is CC(c1ccc(CC#N)cc1)C(C)(C)c1ccc(Cl)cc1. The van der Waals surface area contributed by atoms with Crippen molar-refractivity contribution >= 4 is 11.6 Å². The summed E-state index contributed by atoms with van der Waals surface area (Å²) in [5.41, 5.74) is 3.65. The van der Waals surface area contributed by atoms with E-state index in [2.05, 4.69) is 51.1 Å². The first-order valence-electron chi connectivity index (χ1n) is 7.17. The Kier molecular flexibility index (Phi) is 4.70. The van der Waals surface area contributed by atoms with E-state index in [0.29, 0.717) is 12.3 Å². The molecule has 0 aliphatic carbocycles. The van der Waals surface area contributed by atoms with Gasteiger partial charge >= 0.3 is 0 Å². The Morgan fingerprint density at radius 1 is 1.05 bits per heavy atom. The van der Waals surface area contributed by atoms with Crippen LogP contribution in [0.25, 0.3) is 0 Å². The molecule has 0 aliphatic heterocycles. The Balaban J connectivity index is 2.26. The molecular formula is C19H20ClN. The highest BCUT2D eigenvalue weighted by Crippen LogP contribution is 2.38. The lowest BCUT2D eigenvalue weighted by Crippen LogP contribution is -2.24. The molecule has 2 rings (SSSR count). The van der Waals surface area contributed by atoms with Crippen molar-refractivity contribution in [3.8, 4) is 6.07 Å². The summed E-state index contributed by atoms with van der Waals surface area (Å²) in [4.78, 5) is 0. The zero-order valence-corrected chi connectivity index (χ0v) is 13.5. The fourth-order valence-electron chi connectivity index (χ4n) is 2.56. The van der Waals surface area contributed by atoms with Gasteiger partial charge in [-0.25, -0.2) is 0 Å². The normalized spacial score (nSPS) is 12.7. The minimum absolute atomic E-state index is 0.0152. The number of rotatable bonds is 4. The van der Waals surface area contributed by atoms with Crippen LogP contribution in [0.2, 0.25) is 5.02 Å². The van der Waals surface area contributed by atoms with Crippen LogP contribution in [-0.2, 0) is 11.8 Å². The highest BCUT2D eigenvalue weighted by Gasteiger charge is 2.28. The Bertz CT molecular complexity index is 633. The zero-order valence-electron chi connectivity index (χ0n) is 12.7. The highest BCUT2D eigenvalue weighted by molar-refractivity contribution is 6.30. The van der Waals surface area contributed by atoms with Crippen molar-refractivity contribution < 1.29 is 0 Å².